The largest absolute Gasteiger partial charge is 0.365 e. The maximum absolute atomic E-state index is 13.2. The Morgan fingerprint density at radius 2 is 2.04 bits per heavy atom. The number of hydrogen-bond acceptors (Lipinski definition) is 4. The summed E-state index contributed by atoms with van der Waals surface area (Å²) in [7, 11) is 1.80. The lowest BCUT2D eigenvalue weighted by atomic mass is 9.88. The molecule has 0 bridgehead atoms. The first-order chi connectivity index (χ1) is 12.4. The van der Waals surface area contributed by atoms with Gasteiger partial charge in [-0.2, -0.15) is 5.10 Å². The second-order valence-corrected chi connectivity index (χ2v) is 7.58. The molecule has 4 N–H and O–H groups in total. The highest BCUT2D eigenvalue weighted by molar-refractivity contribution is 7.18. The van der Waals surface area contributed by atoms with E-state index in [0.29, 0.717) is 15.6 Å². The van der Waals surface area contributed by atoms with Gasteiger partial charge in [-0.1, -0.05) is 23.7 Å². The molecule has 8 heteroatoms. The average Bonchev–Trinajstić information content (AvgIpc) is 3.17. The molecule has 0 spiro atoms. The van der Waals surface area contributed by atoms with Gasteiger partial charge in [0.1, 0.15) is 10.2 Å². The topological polar surface area (TPSA) is 86.9 Å². The molecule has 136 valence electrons. The molecule has 0 fully saturated rings. The van der Waals surface area contributed by atoms with Gasteiger partial charge in [-0.3, -0.25) is 9.48 Å². The predicted molar refractivity (Wildman–Crippen MR) is 102 cm³/mol. The van der Waals surface area contributed by atoms with E-state index in [0.717, 1.165) is 33.7 Å². The van der Waals surface area contributed by atoms with Gasteiger partial charge in [-0.15, -0.1) is 11.3 Å². The van der Waals surface area contributed by atoms with E-state index in [1.165, 1.54) is 12.1 Å². The number of carbonyl (C=O) groups excluding carboxylic acids is 1. The van der Waals surface area contributed by atoms with Crippen molar-refractivity contribution in [1.82, 2.24) is 9.78 Å². The third kappa shape index (κ3) is 3.51. The Morgan fingerprint density at radius 3 is 2.58 bits per heavy atom. The molecule has 0 unspecified atom stereocenters. The number of halogens is 2. The molecule has 26 heavy (non-hydrogen) atoms. The van der Waals surface area contributed by atoms with Crippen molar-refractivity contribution in [3.8, 4) is 11.3 Å². The fourth-order valence-electron chi connectivity index (χ4n) is 3.05. The molecule has 0 aliphatic rings. The Hall–Kier alpha value is -2.22. The highest BCUT2D eigenvalue weighted by Crippen LogP contribution is 2.44. The summed E-state index contributed by atoms with van der Waals surface area (Å²) >= 11 is 7.61. The fraction of sp³-hybridized carbons (Fsp3) is 0.222. The maximum Gasteiger partial charge on any atom is 0.259 e. The zero-order valence-electron chi connectivity index (χ0n) is 14.1. The lowest BCUT2D eigenvalue weighted by molar-refractivity contribution is 0.100. The first-order valence-electron chi connectivity index (χ1n) is 7.97. The van der Waals surface area contributed by atoms with Gasteiger partial charge in [0.25, 0.3) is 5.91 Å². The van der Waals surface area contributed by atoms with Crippen molar-refractivity contribution in [2.45, 2.75) is 12.3 Å². The van der Waals surface area contributed by atoms with Gasteiger partial charge in [0, 0.05) is 24.7 Å². The molecule has 0 aliphatic heterocycles. The van der Waals surface area contributed by atoms with Crippen LogP contribution in [0, 0.1) is 5.82 Å². The van der Waals surface area contributed by atoms with E-state index < -0.39 is 5.91 Å². The molecule has 2 heterocycles. The van der Waals surface area contributed by atoms with Crippen LogP contribution in [0.25, 0.3) is 11.3 Å². The van der Waals surface area contributed by atoms with E-state index in [-0.39, 0.29) is 18.3 Å². The Balaban J connectivity index is 2.12. The van der Waals surface area contributed by atoms with E-state index in [4.69, 9.17) is 23.1 Å². The number of aromatic nitrogens is 2. The molecule has 5 nitrogen and oxygen atoms in total. The highest BCUT2D eigenvalue weighted by atomic mass is 35.5. The number of hydrogen-bond donors (Lipinski definition) is 2. The van der Waals surface area contributed by atoms with Crippen LogP contribution in [0.15, 0.2) is 36.5 Å². The van der Waals surface area contributed by atoms with Crippen molar-refractivity contribution >= 4 is 28.8 Å². The normalized spacial score (nSPS) is 12.3. The zero-order valence-corrected chi connectivity index (χ0v) is 15.6. The van der Waals surface area contributed by atoms with Crippen LogP contribution in [0.3, 0.4) is 0 Å². The van der Waals surface area contributed by atoms with Crippen LogP contribution in [0.5, 0.6) is 0 Å². The van der Waals surface area contributed by atoms with E-state index in [2.05, 4.69) is 5.10 Å². The first kappa shape index (κ1) is 18.6. The fourth-order valence-corrected chi connectivity index (χ4v) is 4.46. The van der Waals surface area contributed by atoms with Gasteiger partial charge < -0.3 is 11.5 Å². The third-order valence-corrected chi connectivity index (χ3v) is 5.72. The van der Waals surface area contributed by atoms with Crippen LogP contribution in [0.1, 0.15) is 26.7 Å². The van der Waals surface area contributed by atoms with Crippen molar-refractivity contribution in [2.75, 3.05) is 6.54 Å². The maximum atomic E-state index is 13.2. The standard InChI is InChI=1S/C18H18ClFN4OS/c1-24-13(6-7-23-24)15-14(16(18(22)25)26-17(15)19)11(9-21)8-10-2-4-12(20)5-3-10/h2-7,11H,8-9,21H2,1H3,(H2,22,25)/t11-/m1/s1. The number of carbonyl (C=O) groups is 1. The molecule has 0 radical (unpaired) electrons. The van der Waals surface area contributed by atoms with Crippen molar-refractivity contribution in [1.29, 1.82) is 0 Å². The molecule has 2 aromatic heterocycles. The minimum absolute atomic E-state index is 0.198. The highest BCUT2D eigenvalue weighted by Gasteiger charge is 2.28. The van der Waals surface area contributed by atoms with Crippen LogP contribution in [-0.2, 0) is 13.5 Å². The number of aryl methyl sites for hydroxylation is 1. The molecular weight excluding hydrogens is 375 g/mol. The summed E-state index contributed by atoms with van der Waals surface area (Å²) < 4.78 is 15.3. The Morgan fingerprint density at radius 1 is 1.35 bits per heavy atom. The lowest BCUT2D eigenvalue weighted by Gasteiger charge is -2.18. The van der Waals surface area contributed by atoms with Crippen LogP contribution >= 0.6 is 22.9 Å². The van der Waals surface area contributed by atoms with Gasteiger partial charge in [-0.25, -0.2) is 4.39 Å². The smallest absolute Gasteiger partial charge is 0.259 e. The van der Waals surface area contributed by atoms with E-state index in [1.54, 1.807) is 30.1 Å². The zero-order chi connectivity index (χ0) is 18.8. The van der Waals surface area contributed by atoms with Crippen molar-refractivity contribution in [3.63, 3.8) is 0 Å². The second kappa shape index (κ2) is 7.57. The number of rotatable bonds is 6. The van der Waals surface area contributed by atoms with Gasteiger partial charge in [0.05, 0.1) is 10.6 Å². The number of benzene rings is 1. The molecule has 1 aromatic carbocycles. The van der Waals surface area contributed by atoms with Gasteiger partial charge in [-0.05, 0) is 42.3 Å². The molecule has 3 rings (SSSR count). The van der Waals surface area contributed by atoms with Gasteiger partial charge in [0.2, 0.25) is 0 Å². The lowest BCUT2D eigenvalue weighted by Crippen LogP contribution is -2.20. The van der Waals surface area contributed by atoms with Crippen molar-refractivity contribution < 1.29 is 9.18 Å². The van der Waals surface area contributed by atoms with Gasteiger partial charge in [0.15, 0.2) is 0 Å². The van der Waals surface area contributed by atoms with E-state index in [1.807, 2.05) is 6.07 Å². The van der Waals surface area contributed by atoms with Crippen LogP contribution in [0.2, 0.25) is 4.34 Å². The summed E-state index contributed by atoms with van der Waals surface area (Å²) in [6, 6.07) is 8.05. The molecule has 0 saturated heterocycles. The Labute approximate surface area is 159 Å². The quantitative estimate of drug-likeness (QED) is 0.674. The van der Waals surface area contributed by atoms with Crippen LogP contribution < -0.4 is 11.5 Å². The molecule has 0 aliphatic carbocycles. The monoisotopic (exact) mass is 392 g/mol. The summed E-state index contributed by atoms with van der Waals surface area (Å²) in [5, 5.41) is 4.18. The third-order valence-electron chi connectivity index (χ3n) is 4.29. The number of primary amides is 1. The van der Waals surface area contributed by atoms with E-state index in [9.17, 15) is 9.18 Å². The average molecular weight is 393 g/mol. The predicted octanol–water partition coefficient (Wildman–Crippen LogP) is 3.33. The molecule has 0 saturated carbocycles. The minimum atomic E-state index is -0.544. The summed E-state index contributed by atoms with van der Waals surface area (Å²) in [6.07, 6.45) is 2.20. The summed E-state index contributed by atoms with van der Waals surface area (Å²) in [4.78, 5) is 12.4. The number of nitrogens with zero attached hydrogens (tertiary/aromatic N) is 2. The minimum Gasteiger partial charge on any atom is -0.365 e. The summed E-state index contributed by atoms with van der Waals surface area (Å²) in [5.41, 5.74) is 14.8. The van der Waals surface area contributed by atoms with E-state index >= 15 is 0 Å². The molecule has 1 amide bonds. The Bertz CT molecular complexity index is 935. The number of amides is 1. The molecular formula is C18H18ClFN4OS. The van der Waals surface area contributed by atoms with Gasteiger partial charge >= 0.3 is 0 Å². The first-order valence-corrected chi connectivity index (χ1v) is 9.16. The molecule has 1 atom stereocenters. The second-order valence-electron chi connectivity index (χ2n) is 5.96. The Kier molecular flexibility index (Phi) is 5.41. The van der Waals surface area contributed by atoms with Crippen LogP contribution in [-0.4, -0.2) is 22.2 Å². The summed E-state index contributed by atoms with van der Waals surface area (Å²) in [5.74, 6) is -1.04. The van der Waals surface area contributed by atoms with Crippen molar-refractivity contribution in [2.24, 2.45) is 18.5 Å². The molecule has 3 aromatic rings. The number of nitrogens with two attached hydrogens (primary N) is 2. The SMILES string of the molecule is Cn1nccc1-c1c(Cl)sc(C(N)=O)c1[C@@H](CN)Cc1ccc(F)cc1. The van der Waals surface area contributed by atoms with Crippen LogP contribution in [0.4, 0.5) is 4.39 Å². The van der Waals surface area contributed by atoms with Crippen molar-refractivity contribution in [3.05, 3.63) is 62.7 Å². The summed E-state index contributed by atoms with van der Waals surface area (Å²) in [6.45, 7) is 0.287. The number of thiophene rings is 1.